The van der Waals surface area contributed by atoms with Gasteiger partial charge in [-0.3, -0.25) is 9.69 Å². The third-order valence-corrected chi connectivity index (χ3v) is 4.75. The number of pyridine rings is 1. The van der Waals surface area contributed by atoms with Crippen LogP contribution >= 0.6 is 11.3 Å². The number of hydrogen-bond donors (Lipinski definition) is 0. The molecule has 0 radical (unpaired) electrons. The number of amides is 1. The topological polar surface area (TPSA) is 33.2 Å². The third-order valence-electron chi connectivity index (χ3n) is 3.89. The number of rotatable bonds is 5. The lowest BCUT2D eigenvalue weighted by Crippen LogP contribution is -2.30. The number of anilines is 1. The third kappa shape index (κ3) is 3.71. The summed E-state index contributed by atoms with van der Waals surface area (Å²) < 4.78 is 0. The van der Waals surface area contributed by atoms with E-state index >= 15 is 0 Å². The Morgan fingerprint density at radius 3 is 2.46 bits per heavy atom. The first-order chi connectivity index (χ1) is 11.6. The van der Waals surface area contributed by atoms with Gasteiger partial charge in [0, 0.05) is 6.20 Å². The van der Waals surface area contributed by atoms with Crippen LogP contribution in [-0.2, 0) is 6.54 Å². The summed E-state index contributed by atoms with van der Waals surface area (Å²) in [6.45, 7) is 4.86. The van der Waals surface area contributed by atoms with E-state index in [0.717, 1.165) is 10.4 Å². The highest BCUT2D eigenvalue weighted by atomic mass is 32.1. The lowest BCUT2D eigenvalue weighted by molar-refractivity contribution is 0.0988. The number of aromatic nitrogens is 1. The molecule has 4 heteroatoms. The number of hydrogen-bond acceptors (Lipinski definition) is 3. The standard InChI is InChI=1S/C20H20N2OS/c1-15(2)17-10-8-16(9-11-17)14-22(19-7-3-4-12-21-19)20(23)18-6-5-13-24-18/h3-13,15H,14H2,1-2H3. The van der Waals surface area contributed by atoms with Gasteiger partial charge >= 0.3 is 0 Å². The SMILES string of the molecule is CC(C)c1ccc(CN(C(=O)c2cccs2)c2ccccn2)cc1. The van der Waals surface area contributed by atoms with Gasteiger partial charge in [0.25, 0.3) is 5.91 Å². The zero-order valence-corrected chi connectivity index (χ0v) is 14.7. The first kappa shape index (κ1) is 16.4. The first-order valence-corrected chi connectivity index (χ1v) is 8.88. The van der Waals surface area contributed by atoms with Gasteiger partial charge in [0.2, 0.25) is 0 Å². The molecule has 0 bridgehead atoms. The molecular formula is C20H20N2OS. The Hall–Kier alpha value is -2.46. The highest BCUT2D eigenvalue weighted by Crippen LogP contribution is 2.21. The van der Waals surface area contributed by atoms with Crippen molar-refractivity contribution in [2.75, 3.05) is 4.90 Å². The molecule has 2 aromatic heterocycles. The maximum atomic E-state index is 12.9. The molecule has 122 valence electrons. The molecule has 3 nitrogen and oxygen atoms in total. The summed E-state index contributed by atoms with van der Waals surface area (Å²) in [6.07, 6.45) is 1.71. The van der Waals surface area contributed by atoms with Crippen LogP contribution in [0.2, 0.25) is 0 Å². The normalized spacial score (nSPS) is 10.8. The van der Waals surface area contributed by atoms with E-state index in [1.54, 1.807) is 11.1 Å². The van der Waals surface area contributed by atoms with Gasteiger partial charge in [-0.15, -0.1) is 11.3 Å². The van der Waals surface area contributed by atoms with Crippen LogP contribution in [-0.4, -0.2) is 10.9 Å². The van der Waals surface area contributed by atoms with Crippen LogP contribution in [0.4, 0.5) is 5.82 Å². The molecule has 0 aliphatic heterocycles. The van der Waals surface area contributed by atoms with Gasteiger partial charge in [-0.05, 0) is 40.6 Å². The van der Waals surface area contributed by atoms with E-state index in [-0.39, 0.29) is 5.91 Å². The number of nitrogens with zero attached hydrogens (tertiary/aromatic N) is 2. The minimum absolute atomic E-state index is 0.0170. The molecule has 0 atom stereocenters. The van der Waals surface area contributed by atoms with Gasteiger partial charge in [-0.1, -0.05) is 50.2 Å². The fourth-order valence-corrected chi connectivity index (χ4v) is 3.17. The molecule has 24 heavy (non-hydrogen) atoms. The highest BCUT2D eigenvalue weighted by Gasteiger charge is 2.20. The van der Waals surface area contributed by atoms with E-state index in [2.05, 4.69) is 43.1 Å². The molecule has 3 aromatic rings. The number of benzene rings is 1. The zero-order valence-electron chi connectivity index (χ0n) is 13.8. The van der Waals surface area contributed by atoms with Crippen LogP contribution in [0.5, 0.6) is 0 Å². The Morgan fingerprint density at radius 1 is 1.08 bits per heavy atom. The summed E-state index contributed by atoms with van der Waals surface area (Å²) >= 11 is 1.45. The molecular weight excluding hydrogens is 316 g/mol. The van der Waals surface area contributed by atoms with E-state index in [1.807, 2.05) is 35.7 Å². The monoisotopic (exact) mass is 336 g/mol. The number of carbonyl (C=O) groups is 1. The summed E-state index contributed by atoms with van der Waals surface area (Å²) in [5.74, 6) is 1.15. The van der Waals surface area contributed by atoms with E-state index in [1.165, 1.54) is 16.9 Å². The molecule has 0 spiro atoms. The first-order valence-electron chi connectivity index (χ1n) is 8.00. The van der Waals surface area contributed by atoms with Gasteiger partial charge in [0.15, 0.2) is 0 Å². The lowest BCUT2D eigenvalue weighted by Gasteiger charge is -2.21. The minimum atomic E-state index is -0.0170. The average molecular weight is 336 g/mol. The quantitative estimate of drug-likeness (QED) is 0.648. The van der Waals surface area contributed by atoms with Crippen LogP contribution in [0.1, 0.15) is 40.6 Å². The van der Waals surface area contributed by atoms with Crippen LogP contribution in [0, 0.1) is 0 Å². The van der Waals surface area contributed by atoms with Crippen molar-refractivity contribution in [3.63, 3.8) is 0 Å². The highest BCUT2D eigenvalue weighted by molar-refractivity contribution is 7.12. The average Bonchev–Trinajstić information content (AvgIpc) is 3.15. The lowest BCUT2D eigenvalue weighted by atomic mass is 10.0. The molecule has 3 rings (SSSR count). The number of thiophene rings is 1. The molecule has 0 aliphatic carbocycles. The Kier molecular flexibility index (Phi) is 5.06. The van der Waals surface area contributed by atoms with Crippen LogP contribution in [0.3, 0.4) is 0 Å². The largest absolute Gasteiger partial charge is 0.288 e. The smallest absolute Gasteiger partial charge is 0.269 e. The summed E-state index contributed by atoms with van der Waals surface area (Å²) in [4.78, 5) is 19.7. The van der Waals surface area contributed by atoms with Crippen LogP contribution in [0.25, 0.3) is 0 Å². The second-order valence-electron chi connectivity index (χ2n) is 5.95. The van der Waals surface area contributed by atoms with Gasteiger partial charge in [0.1, 0.15) is 5.82 Å². The molecule has 1 amide bonds. The summed E-state index contributed by atoms with van der Waals surface area (Å²) in [5.41, 5.74) is 2.39. The second-order valence-corrected chi connectivity index (χ2v) is 6.90. The van der Waals surface area contributed by atoms with Crippen LogP contribution < -0.4 is 4.90 Å². The summed E-state index contributed by atoms with van der Waals surface area (Å²) in [7, 11) is 0. The van der Waals surface area contributed by atoms with Gasteiger partial charge in [0.05, 0.1) is 11.4 Å². The van der Waals surface area contributed by atoms with Crippen molar-refractivity contribution in [2.24, 2.45) is 0 Å². The van der Waals surface area contributed by atoms with Crippen LogP contribution in [0.15, 0.2) is 66.2 Å². The summed E-state index contributed by atoms with van der Waals surface area (Å²) in [6, 6.07) is 17.8. The Bertz CT molecular complexity index is 780. The molecule has 0 unspecified atom stereocenters. The van der Waals surface area contributed by atoms with Crippen molar-refractivity contribution in [1.29, 1.82) is 0 Å². The maximum absolute atomic E-state index is 12.9. The van der Waals surface area contributed by atoms with Crippen molar-refractivity contribution in [3.8, 4) is 0 Å². The molecule has 0 saturated carbocycles. The molecule has 0 saturated heterocycles. The van der Waals surface area contributed by atoms with Gasteiger partial charge < -0.3 is 0 Å². The number of carbonyl (C=O) groups excluding carboxylic acids is 1. The molecule has 0 aliphatic rings. The predicted octanol–water partition coefficient (Wildman–Crippen LogP) is 5.11. The Morgan fingerprint density at radius 2 is 1.88 bits per heavy atom. The van der Waals surface area contributed by atoms with Crippen molar-refractivity contribution in [3.05, 3.63) is 82.2 Å². The van der Waals surface area contributed by atoms with E-state index in [4.69, 9.17) is 0 Å². The van der Waals surface area contributed by atoms with E-state index in [0.29, 0.717) is 18.3 Å². The second kappa shape index (κ2) is 7.41. The van der Waals surface area contributed by atoms with Gasteiger partial charge in [-0.25, -0.2) is 4.98 Å². The molecule has 0 fully saturated rings. The molecule has 0 N–H and O–H groups in total. The fourth-order valence-electron chi connectivity index (χ4n) is 2.49. The van der Waals surface area contributed by atoms with Gasteiger partial charge in [-0.2, -0.15) is 0 Å². The van der Waals surface area contributed by atoms with E-state index in [9.17, 15) is 4.79 Å². The van der Waals surface area contributed by atoms with Crippen molar-refractivity contribution in [1.82, 2.24) is 4.98 Å². The predicted molar refractivity (Wildman–Crippen MR) is 99.6 cm³/mol. The summed E-state index contributed by atoms with van der Waals surface area (Å²) in [5, 5.41) is 1.92. The molecule has 2 heterocycles. The minimum Gasteiger partial charge on any atom is -0.288 e. The van der Waals surface area contributed by atoms with E-state index < -0.39 is 0 Å². The molecule has 1 aromatic carbocycles. The fraction of sp³-hybridized carbons (Fsp3) is 0.200. The zero-order chi connectivity index (χ0) is 16.9. The Balaban J connectivity index is 1.89. The Labute approximate surface area is 146 Å². The van der Waals surface area contributed by atoms with Crippen molar-refractivity contribution >= 4 is 23.1 Å². The van der Waals surface area contributed by atoms with Crippen molar-refractivity contribution < 1.29 is 4.79 Å². The maximum Gasteiger partial charge on any atom is 0.269 e. The van der Waals surface area contributed by atoms with Crippen molar-refractivity contribution in [2.45, 2.75) is 26.3 Å².